The van der Waals surface area contributed by atoms with Crippen molar-refractivity contribution in [2.24, 2.45) is 0 Å². The number of halogens is 1. The zero-order chi connectivity index (χ0) is 18.8. The fraction of sp³-hybridized carbons (Fsp3) is 0.0455. The molecule has 0 aliphatic rings. The Labute approximate surface area is 170 Å². The topological polar surface area (TPSA) is 34.0 Å². The van der Waals surface area contributed by atoms with Crippen LogP contribution in [-0.2, 0) is 0 Å². The van der Waals surface area contributed by atoms with Gasteiger partial charge in [-0.15, -0.1) is 11.3 Å². The fourth-order valence-corrected chi connectivity index (χ4v) is 4.31. The summed E-state index contributed by atoms with van der Waals surface area (Å²) in [7, 11) is 0. The summed E-state index contributed by atoms with van der Waals surface area (Å²) in [6, 6.07) is 19.9. The molecule has 0 unspecified atom stereocenters. The molecular weight excluding hydrogens is 420 g/mol. The lowest BCUT2D eigenvalue weighted by Gasteiger charge is -2.10. The molecule has 0 atom stereocenters. The summed E-state index contributed by atoms with van der Waals surface area (Å²) < 4.78 is 2.93. The largest absolute Gasteiger partial charge is 0.322 e. The second-order valence-electron chi connectivity index (χ2n) is 6.25. The summed E-state index contributed by atoms with van der Waals surface area (Å²) in [5.74, 6) is -0.111. The first-order chi connectivity index (χ1) is 13.1. The molecule has 1 amide bonds. The van der Waals surface area contributed by atoms with Crippen molar-refractivity contribution in [1.82, 2.24) is 4.57 Å². The number of thiophene rings is 1. The lowest BCUT2D eigenvalue weighted by Crippen LogP contribution is -2.12. The number of carbonyl (C=O) groups is 1. The molecule has 27 heavy (non-hydrogen) atoms. The first-order valence-electron chi connectivity index (χ1n) is 8.50. The Balaban J connectivity index is 1.77. The highest BCUT2D eigenvalue weighted by Crippen LogP contribution is 2.35. The van der Waals surface area contributed by atoms with Gasteiger partial charge in [0, 0.05) is 33.5 Å². The van der Waals surface area contributed by atoms with Crippen LogP contribution in [0.3, 0.4) is 0 Å². The van der Waals surface area contributed by atoms with E-state index in [1.807, 2.05) is 53.4 Å². The van der Waals surface area contributed by atoms with E-state index >= 15 is 0 Å². The molecule has 3 nitrogen and oxygen atoms in total. The van der Waals surface area contributed by atoms with Crippen LogP contribution in [0.25, 0.3) is 16.8 Å². The van der Waals surface area contributed by atoms with Crippen molar-refractivity contribution in [2.75, 3.05) is 5.32 Å². The summed E-state index contributed by atoms with van der Waals surface area (Å²) in [5, 5.41) is 5.05. The Morgan fingerprint density at radius 3 is 2.48 bits per heavy atom. The van der Waals surface area contributed by atoms with Gasteiger partial charge in [-0.1, -0.05) is 51.8 Å². The van der Waals surface area contributed by atoms with Crippen LogP contribution in [0, 0.1) is 6.92 Å². The third-order valence-corrected chi connectivity index (χ3v) is 5.74. The number of rotatable bonds is 4. The third kappa shape index (κ3) is 3.75. The molecule has 0 aliphatic heterocycles. The van der Waals surface area contributed by atoms with Crippen molar-refractivity contribution in [2.45, 2.75) is 6.92 Å². The SMILES string of the molecule is Cc1ccc(-c2csc(C(=O)Nc3cccc(Br)c3)c2-n2cccc2)cc1. The predicted molar refractivity (Wildman–Crippen MR) is 116 cm³/mol. The molecule has 2 aromatic carbocycles. The van der Waals surface area contributed by atoms with Crippen LogP contribution in [0.5, 0.6) is 0 Å². The predicted octanol–water partition coefficient (Wildman–Crippen LogP) is 6.53. The molecule has 4 aromatic rings. The minimum atomic E-state index is -0.111. The first kappa shape index (κ1) is 17.8. The summed E-state index contributed by atoms with van der Waals surface area (Å²) >= 11 is 4.90. The zero-order valence-corrected chi connectivity index (χ0v) is 17.0. The third-order valence-electron chi connectivity index (χ3n) is 4.28. The van der Waals surface area contributed by atoms with E-state index in [0.717, 1.165) is 27.0 Å². The summed E-state index contributed by atoms with van der Waals surface area (Å²) in [6.07, 6.45) is 3.94. The Kier molecular flexibility index (Phi) is 4.97. The molecule has 0 spiro atoms. The van der Waals surface area contributed by atoms with Crippen molar-refractivity contribution in [1.29, 1.82) is 0 Å². The summed E-state index contributed by atoms with van der Waals surface area (Å²) in [4.78, 5) is 13.7. The normalized spacial score (nSPS) is 10.7. The van der Waals surface area contributed by atoms with Crippen LogP contribution < -0.4 is 5.32 Å². The van der Waals surface area contributed by atoms with E-state index in [0.29, 0.717) is 4.88 Å². The van der Waals surface area contributed by atoms with Crippen molar-refractivity contribution < 1.29 is 4.79 Å². The van der Waals surface area contributed by atoms with Crippen LogP contribution >= 0.6 is 27.3 Å². The molecule has 0 radical (unpaired) electrons. The average molecular weight is 437 g/mol. The maximum atomic E-state index is 13.0. The van der Waals surface area contributed by atoms with Gasteiger partial charge in [0.25, 0.3) is 5.91 Å². The number of aromatic nitrogens is 1. The number of nitrogens with one attached hydrogen (secondary N) is 1. The smallest absolute Gasteiger partial charge is 0.267 e. The first-order valence-corrected chi connectivity index (χ1v) is 10.2. The van der Waals surface area contributed by atoms with Gasteiger partial charge in [0.2, 0.25) is 0 Å². The highest BCUT2D eigenvalue weighted by atomic mass is 79.9. The molecule has 0 aliphatic carbocycles. The van der Waals surface area contributed by atoms with Gasteiger partial charge in [0.15, 0.2) is 0 Å². The van der Waals surface area contributed by atoms with Gasteiger partial charge >= 0.3 is 0 Å². The standard InChI is InChI=1S/C22H17BrN2OS/c1-15-7-9-16(10-8-15)19-14-27-21(20(19)25-11-2-3-12-25)22(26)24-18-6-4-5-17(23)13-18/h2-14H,1H3,(H,24,26). The average Bonchev–Trinajstić information content (AvgIpc) is 3.32. The molecule has 1 N–H and O–H groups in total. The van der Waals surface area contributed by atoms with Gasteiger partial charge in [-0.25, -0.2) is 0 Å². The van der Waals surface area contributed by atoms with Gasteiger partial charge in [-0.05, 0) is 42.8 Å². The van der Waals surface area contributed by atoms with Crippen molar-refractivity contribution in [3.8, 4) is 16.8 Å². The van der Waals surface area contributed by atoms with Crippen LogP contribution in [0.1, 0.15) is 15.2 Å². The van der Waals surface area contributed by atoms with Gasteiger partial charge in [-0.2, -0.15) is 0 Å². The maximum Gasteiger partial charge on any atom is 0.267 e. The van der Waals surface area contributed by atoms with E-state index in [1.54, 1.807) is 0 Å². The summed E-state index contributed by atoms with van der Waals surface area (Å²) in [6.45, 7) is 2.07. The van der Waals surface area contributed by atoms with E-state index in [-0.39, 0.29) is 5.91 Å². The van der Waals surface area contributed by atoms with Gasteiger partial charge in [0.05, 0.1) is 5.69 Å². The number of hydrogen-bond donors (Lipinski definition) is 1. The summed E-state index contributed by atoms with van der Waals surface area (Å²) in [5.41, 5.74) is 5.03. The number of amides is 1. The highest BCUT2D eigenvalue weighted by molar-refractivity contribution is 9.10. The maximum absolute atomic E-state index is 13.0. The van der Waals surface area contributed by atoms with Crippen LogP contribution in [0.2, 0.25) is 0 Å². The number of carbonyl (C=O) groups excluding carboxylic acids is 1. The Hall–Kier alpha value is -2.63. The number of hydrogen-bond acceptors (Lipinski definition) is 2. The van der Waals surface area contributed by atoms with Crippen LogP contribution in [-0.4, -0.2) is 10.5 Å². The van der Waals surface area contributed by atoms with E-state index in [4.69, 9.17) is 0 Å². The molecule has 2 aromatic heterocycles. The quantitative estimate of drug-likeness (QED) is 0.387. The lowest BCUT2D eigenvalue weighted by atomic mass is 10.0. The van der Waals surface area contributed by atoms with Crippen molar-refractivity contribution in [3.63, 3.8) is 0 Å². The van der Waals surface area contributed by atoms with E-state index in [9.17, 15) is 4.79 Å². The van der Waals surface area contributed by atoms with E-state index < -0.39 is 0 Å². The molecule has 0 saturated heterocycles. The Morgan fingerprint density at radius 1 is 1.04 bits per heavy atom. The molecule has 0 saturated carbocycles. The zero-order valence-electron chi connectivity index (χ0n) is 14.6. The van der Waals surface area contributed by atoms with Crippen LogP contribution in [0.4, 0.5) is 5.69 Å². The van der Waals surface area contributed by atoms with Crippen molar-refractivity contribution in [3.05, 3.63) is 93.4 Å². The monoisotopic (exact) mass is 436 g/mol. The Bertz CT molecular complexity index is 1080. The van der Waals surface area contributed by atoms with Gasteiger partial charge in [0.1, 0.15) is 4.88 Å². The fourth-order valence-electron chi connectivity index (χ4n) is 2.94. The second-order valence-corrected chi connectivity index (χ2v) is 8.04. The second kappa shape index (κ2) is 7.55. The molecule has 4 rings (SSSR count). The molecule has 134 valence electrons. The molecule has 2 heterocycles. The minimum absolute atomic E-state index is 0.111. The van der Waals surface area contributed by atoms with Crippen molar-refractivity contribution >= 4 is 38.9 Å². The number of anilines is 1. The number of benzene rings is 2. The number of aryl methyl sites for hydroxylation is 1. The number of nitrogens with zero attached hydrogens (tertiary/aromatic N) is 1. The van der Waals surface area contributed by atoms with Gasteiger partial charge in [-0.3, -0.25) is 4.79 Å². The molecule has 5 heteroatoms. The van der Waals surface area contributed by atoms with Gasteiger partial charge < -0.3 is 9.88 Å². The molecule has 0 bridgehead atoms. The Morgan fingerprint density at radius 2 is 1.78 bits per heavy atom. The molecule has 0 fully saturated rings. The van der Waals surface area contributed by atoms with E-state index in [2.05, 4.69) is 57.8 Å². The van der Waals surface area contributed by atoms with E-state index in [1.165, 1.54) is 16.9 Å². The highest BCUT2D eigenvalue weighted by Gasteiger charge is 2.20. The lowest BCUT2D eigenvalue weighted by molar-refractivity contribution is 0.103. The van der Waals surface area contributed by atoms with Crippen LogP contribution in [0.15, 0.2) is 82.9 Å². The molecular formula is C22H17BrN2OS. The minimum Gasteiger partial charge on any atom is -0.322 e.